The minimum Gasteiger partial charge on any atom is -0.445 e. The number of hydrogen-bond donors (Lipinski definition) is 2. The van der Waals surface area contributed by atoms with Crippen LogP contribution in [-0.2, 0) is 27.6 Å². The number of piperidine rings is 1. The van der Waals surface area contributed by atoms with Crippen LogP contribution in [0.4, 0.5) is 15.3 Å². The van der Waals surface area contributed by atoms with Crippen LogP contribution < -0.4 is 11.1 Å². The van der Waals surface area contributed by atoms with Crippen LogP contribution in [0.3, 0.4) is 0 Å². The largest absolute Gasteiger partial charge is 0.445 e. The smallest absolute Gasteiger partial charge is 0.404 e. The van der Waals surface area contributed by atoms with Gasteiger partial charge in [-0.25, -0.2) is 9.59 Å². The van der Waals surface area contributed by atoms with Gasteiger partial charge in [0, 0.05) is 12.2 Å². The average molecular weight is 424 g/mol. The number of anilines is 1. The van der Waals surface area contributed by atoms with Crippen molar-refractivity contribution in [2.24, 2.45) is 5.73 Å². The molecule has 9 nitrogen and oxygen atoms in total. The van der Waals surface area contributed by atoms with E-state index in [1.54, 1.807) is 29.2 Å². The predicted molar refractivity (Wildman–Crippen MR) is 111 cm³/mol. The summed E-state index contributed by atoms with van der Waals surface area (Å²) in [5.74, 6) is -0.238. The van der Waals surface area contributed by atoms with Crippen LogP contribution in [0.2, 0.25) is 0 Å². The van der Waals surface area contributed by atoms with Crippen molar-refractivity contribution in [2.45, 2.75) is 38.1 Å². The van der Waals surface area contributed by atoms with Gasteiger partial charge in [-0.1, -0.05) is 42.5 Å². The zero-order chi connectivity index (χ0) is 21.8. The molecule has 3 N–H and O–H groups in total. The molecule has 2 fully saturated rings. The normalized spacial score (nSPS) is 19.9. The lowest BCUT2D eigenvalue weighted by Gasteiger charge is -2.29. The van der Waals surface area contributed by atoms with Gasteiger partial charge >= 0.3 is 12.1 Å². The Morgan fingerprint density at radius 1 is 1.00 bits per heavy atom. The van der Waals surface area contributed by atoms with Crippen LogP contribution >= 0.6 is 0 Å². The molecular weight excluding hydrogens is 400 g/mol. The molecule has 9 heteroatoms. The number of primary amides is 1. The molecule has 31 heavy (non-hydrogen) atoms. The summed E-state index contributed by atoms with van der Waals surface area (Å²) in [7, 11) is 0. The Labute approximate surface area is 179 Å². The molecule has 2 atom stereocenters. The maximum atomic E-state index is 12.8. The van der Waals surface area contributed by atoms with Gasteiger partial charge < -0.3 is 20.7 Å². The van der Waals surface area contributed by atoms with Crippen LogP contribution in [0.1, 0.15) is 24.0 Å². The predicted octanol–water partition coefficient (Wildman–Crippen LogP) is 2.62. The first-order chi connectivity index (χ1) is 15.0. The van der Waals surface area contributed by atoms with Crippen LogP contribution in [0.5, 0.6) is 0 Å². The topological polar surface area (TPSA) is 114 Å². The summed E-state index contributed by atoms with van der Waals surface area (Å²) in [5, 5.41) is 4.27. The summed E-state index contributed by atoms with van der Waals surface area (Å²) in [6.07, 6.45) is 0.418. The van der Waals surface area contributed by atoms with E-state index in [1.165, 1.54) is 5.06 Å². The Hall–Kier alpha value is -3.59. The lowest BCUT2D eigenvalue weighted by molar-refractivity contribution is -0.140. The molecule has 0 spiro atoms. The number of carbonyl (C=O) groups is 3. The molecule has 0 radical (unpaired) electrons. The number of carbonyl (C=O) groups excluding carboxylic acids is 3. The van der Waals surface area contributed by atoms with E-state index >= 15 is 0 Å². The Balaban J connectivity index is 1.34. The number of nitrogens with two attached hydrogens (primary N) is 1. The van der Waals surface area contributed by atoms with E-state index in [1.807, 2.05) is 30.3 Å². The molecule has 4 amide bonds. The molecule has 0 unspecified atom stereocenters. The van der Waals surface area contributed by atoms with Crippen molar-refractivity contribution in [3.63, 3.8) is 0 Å². The van der Waals surface area contributed by atoms with Gasteiger partial charge in [0.1, 0.15) is 19.3 Å². The number of hydroxylamine groups is 2. The molecule has 0 aliphatic carbocycles. The molecule has 4 rings (SSSR count). The van der Waals surface area contributed by atoms with E-state index in [-0.39, 0.29) is 24.6 Å². The van der Waals surface area contributed by atoms with E-state index in [0.717, 1.165) is 11.1 Å². The Bertz CT molecular complexity index is 950. The Morgan fingerprint density at radius 2 is 1.71 bits per heavy atom. The number of hydrogen-bond acceptors (Lipinski definition) is 5. The molecule has 0 aromatic heterocycles. The van der Waals surface area contributed by atoms with E-state index < -0.39 is 12.1 Å². The SMILES string of the molecule is NC(=O)OCc1ccc(NC(=O)[C@@H]2CC[C@@H]3CN2C(=O)N3OCc2ccccc2)cc1. The van der Waals surface area contributed by atoms with E-state index in [4.69, 9.17) is 15.3 Å². The number of nitrogens with zero attached hydrogens (tertiary/aromatic N) is 2. The highest BCUT2D eigenvalue weighted by Crippen LogP contribution is 2.31. The van der Waals surface area contributed by atoms with Gasteiger partial charge in [-0.15, -0.1) is 0 Å². The van der Waals surface area contributed by atoms with Crippen molar-refractivity contribution < 1.29 is 24.0 Å². The summed E-state index contributed by atoms with van der Waals surface area (Å²) >= 11 is 0. The molecule has 2 saturated heterocycles. The van der Waals surface area contributed by atoms with Crippen molar-refractivity contribution in [3.05, 3.63) is 65.7 Å². The lowest BCUT2D eigenvalue weighted by Crippen LogP contribution is -2.47. The van der Waals surface area contributed by atoms with Crippen molar-refractivity contribution in [2.75, 3.05) is 11.9 Å². The first-order valence-electron chi connectivity index (χ1n) is 10.1. The third-order valence-electron chi connectivity index (χ3n) is 5.44. The third-order valence-corrected chi connectivity index (χ3v) is 5.44. The van der Waals surface area contributed by atoms with Crippen molar-refractivity contribution in [3.8, 4) is 0 Å². The number of ether oxygens (including phenoxy) is 1. The van der Waals surface area contributed by atoms with Crippen LogP contribution in [0.15, 0.2) is 54.6 Å². The van der Waals surface area contributed by atoms with Crippen LogP contribution in [0, 0.1) is 0 Å². The van der Waals surface area contributed by atoms with E-state index in [9.17, 15) is 14.4 Å². The quantitative estimate of drug-likeness (QED) is 0.709. The van der Waals surface area contributed by atoms with Gasteiger partial charge in [-0.05, 0) is 36.1 Å². The van der Waals surface area contributed by atoms with Crippen molar-refractivity contribution >= 4 is 23.7 Å². The summed E-state index contributed by atoms with van der Waals surface area (Å²) < 4.78 is 4.74. The van der Waals surface area contributed by atoms with E-state index in [0.29, 0.717) is 31.7 Å². The fraction of sp³-hybridized carbons (Fsp3) is 0.318. The Morgan fingerprint density at radius 3 is 2.42 bits per heavy atom. The summed E-state index contributed by atoms with van der Waals surface area (Å²) in [5.41, 5.74) is 7.28. The molecule has 2 aromatic carbocycles. The maximum absolute atomic E-state index is 12.8. The first kappa shape index (κ1) is 20.7. The number of amides is 4. The molecule has 2 aliphatic heterocycles. The molecule has 162 valence electrons. The first-order valence-corrected chi connectivity index (χ1v) is 10.1. The monoisotopic (exact) mass is 424 g/mol. The van der Waals surface area contributed by atoms with Gasteiger partial charge in [0.15, 0.2) is 0 Å². The second-order valence-electron chi connectivity index (χ2n) is 7.56. The van der Waals surface area contributed by atoms with Crippen molar-refractivity contribution in [1.82, 2.24) is 9.96 Å². The minimum absolute atomic E-state index is 0.0511. The molecule has 2 heterocycles. The number of nitrogens with one attached hydrogen (secondary N) is 1. The van der Waals surface area contributed by atoms with Crippen LogP contribution in [0.25, 0.3) is 0 Å². The zero-order valence-electron chi connectivity index (χ0n) is 16.9. The van der Waals surface area contributed by atoms with E-state index in [2.05, 4.69) is 5.32 Å². The molecule has 2 aromatic rings. The number of urea groups is 1. The Kier molecular flexibility index (Phi) is 6.03. The highest BCUT2D eigenvalue weighted by molar-refractivity contribution is 5.97. The maximum Gasteiger partial charge on any atom is 0.404 e. The second kappa shape index (κ2) is 9.05. The second-order valence-corrected chi connectivity index (χ2v) is 7.56. The van der Waals surface area contributed by atoms with Gasteiger partial charge in [0.05, 0.1) is 6.04 Å². The fourth-order valence-corrected chi connectivity index (χ4v) is 3.85. The van der Waals surface area contributed by atoms with Gasteiger partial charge in [0.25, 0.3) is 0 Å². The van der Waals surface area contributed by atoms with Crippen LogP contribution in [-0.4, -0.2) is 46.6 Å². The summed E-state index contributed by atoms with van der Waals surface area (Å²) in [6, 6.07) is 15.7. The minimum atomic E-state index is -0.843. The lowest BCUT2D eigenvalue weighted by atomic mass is 10.00. The highest BCUT2D eigenvalue weighted by Gasteiger charge is 2.47. The molecule has 2 bridgehead atoms. The molecular formula is C22H24N4O5. The number of rotatable bonds is 7. The molecule has 2 aliphatic rings. The summed E-state index contributed by atoms with van der Waals surface area (Å²) in [4.78, 5) is 43.7. The van der Waals surface area contributed by atoms with Gasteiger partial charge in [0.2, 0.25) is 5.91 Å². The third kappa shape index (κ3) is 4.77. The summed E-state index contributed by atoms with van der Waals surface area (Å²) in [6.45, 7) is 0.837. The standard InChI is InChI=1S/C22H24N4O5/c23-21(28)30-13-16-6-8-17(9-7-16)24-20(27)19-11-10-18-12-25(19)22(29)26(18)31-14-15-4-2-1-3-5-15/h1-9,18-19H,10-14H2,(H2,23,28)(H,24,27)/t18-,19+/m1/s1. The average Bonchev–Trinajstić information content (AvgIpc) is 3.02. The molecule has 0 saturated carbocycles. The van der Waals surface area contributed by atoms with Gasteiger partial charge in [-0.2, -0.15) is 5.06 Å². The van der Waals surface area contributed by atoms with Crippen molar-refractivity contribution in [1.29, 1.82) is 0 Å². The fourth-order valence-electron chi connectivity index (χ4n) is 3.85. The number of fused-ring (bicyclic) bond motifs is 2. The number of benzene rings is 2. The van der Waals surface area contributed by atoms with Gasteiger partial charge in [-0.3, -0.25) is 9.63 Å². The zero-order valence-corrected chi connectivity index (χ0v) is 16.9. The highest BCUT2D eigenvalue weighted by atomic mass is 16.7.